The average Bonchev–Trinajstić information content (AvgIpc) is 3.36. The maximum Gasteiger partial charge on any atom is 0.0159 e. The molecule has 0 nitrogen and oxygen atoms in total. The Morgan fingerprint density at radius 3 is 1.62 bits per heavy atom. The van der Waals surface area contributed by atoms with Gasteiger partial charge >= 0.3 is 0 Å². The third kappa shape index (κ3) is 3.76. The normalized spacial score (nSPS) is 13.5. The molecule has 0 heteroatoms. The summed E-state index contributed by atoms with van der Waals surface area (Å²) in [5.74, 6) is 0. The molecule has 0 aromatic heterocycles. The first-order valence-corrected chi connectivity index (χ1v) is 16.6. The molecule has 0 heterocycles. The van der Waals surface area contributed by atoms with E-state index in [-0.39, 0.29) is 5.41 Å². The number of hydrogen-bond donors (Lipinski definition) is 0. The fourth-order valence-corrected chi connectivity index (χ4v) is 8.47. The molecule has 9 aromatic carbocycles. The summed E-state index contributed by atoms with van der Waals surface area (Å²) in [6, 6.07) is 58.8. The van der Waals surface area contributed by atoms with Gasteiger partial charge in [0, 0.05) is 5.41 Å². The Bertz CT molecular complexity index is 2690. The van der Waals surface area contributed by atoms with Gasteiger partial charge in [0.25, 0.3) is 0 Å². The molecule has 1 aliphatic rings. The number of benzene rings is 9. The van der Waals surface area contributed by atoms with Crippen molar-refractivity contribution in [3.05, 3.63) is 169 Å². The standard InChI is InChI=1S/C47H32/c1-47(2)43-27-33(32-14-8-13-31(26-32)29-10-4-3-5-11-29)19-21-38(43)39-22-20-34(28-44(39)47)35-24-25-42-37-16-7-6-15-36(37)40-17-9-12-30-18-23-41(35)46(42)45(30)40/h3-28H,1-2H3. The molecule has 0 fully saturated rings. The Balaban J connectivity index is 1.11. The van der Waals surface area contributed by atoms with Gasteiger partial charge in [-0.15, -0.1) is 0 Å². The lowest BCUT2D eigenvalue weighted by Crippen LogP contribution is -2.15. The second-order valence-electron chi connectivity index (χ2n) is 13.7. The molecular weight excluding hydrogens is 565 g/mol. The van der Waals surface area contributed by atoms with Gasteiger partial charge in [-0.2, -0.15) is 0 Å². The molecule has 0 spiro atoms. The van der Waals surface area contributed by atoms with E-state index in [0.29, 0.717) is 0 Å². The Morgan fingerprint density at radius 1 is 0.319 bits per heavy atom. The fraction of sp³-hybridized carbons (Fsp3) is 0.0638. The van der Waals surface area contributed by atoms with Crippen LogP contribution in [-0.4, -0.2) is 0 Å². The average molecular weight is 597 g/mol. The first-order chi connectivity index (χ1) is 23.1. The topological polar surface area (TPSA) is 0 Å². The summed E-state index contributed by atoms with van der Waals surface area (Å²) in [6.07, 6.45) is 0. The van der Waals surface area contributed by atoms with E-state index in [9.17, 15) is 0 Å². The van der Waals surface area contributed by atoms with E-state index < -0.39 is 0 Å². The molecule has 0 N–H and O–H groups in total. The molecular formula is C47H32. The molecule has 10 rings (SSSR count). The molecule has 220 valence electrons. The van der Waals surface area contributed by atoms with Gasteiger partial charge in [0.15, 0.2) is 0 Å². The number of rotatable bonds is 3. The fourth-order valence-electron chi connectivity index (χ4n) is 8.47. The van der Waals surface area contributed by atoms with Gasteiger partial charge in [0.2, 0.25) is 0 Å². The summed E-state index contributed by atoms with van der Waals surface area (Å²) in [7, 11) is 0. The molecule has 0 aliphatic heterocycles. The highest BCUT2D eigenvalue weighted by molar-refractivity contribution is 6.35. The lowest BCUT2D eigenvalue weighted by atomic mass is 9.80. The third-order valence-electron chi connectivity index (χ3n) is 10.8. The first kappa shape index (κ1) is 26.5. The predicted molar refractivity (Wildman–Crippen MR) is 202 cm³/mol. The van der Waals surface area contributed by atoms with Crippen LogP contribution in [0.5, 0.6) is 0 Å². The van der Waals surface area contributed by atoms with Crippen molar-refractivity contribution in [2.45, 2.75) is 19.3 Å². The van der Waals surface area contributed by atoms with Crippen molar-refractivity contribution in [3.8, 4) is 44.5 Å². The van der Waals surface area contributed by atoms with Gasteiger partial charge < -0.3 is 0 Å². The Morgan fingerprint density at radius 2 is 0.851 bits per heavy atom. The van der Waals surface area contributed by atoms with Crippen LogP contribution in [0, 0.1) is 0 Å². The summed E-state index contributed by atoms with van der Waals surface area (Å²) in [5, 5.41) is 10.7. The van der Waals surface area contributed by atoms with Crippen molar-refractivity contribution < 1.29 is 0 Å². The zero-order chi connectivity index (χ0) is 31.3. The molecule has 0 bridgehead atoms. The van der Waals surface area contributed by atoms with Crippen LogP contribution < -0.4 is 0 Å². The molecule has 0 atom stereocenters. The van der Waals surface area contributed by atoms with Gasteiger partial charge in [-0.3, -0.25) is 0 Å². The molecule has 47 heavy (non-hydrogen) atoms. The summed E-state index contributed by atoms with van der Waals surface area (Å²) in [5.41, 5.74) is 13.0. The zero-order valence-electron chi connectivity index (χ0n) is 26.5. The highest BCUT2D eigenvalue weighted by atomic mass is 14.4. The molecule has 1 aliphatic carbocycles. The lowest BCUT2D eigenvalue weighted by Gasteiger charge is -2.23. The molecule has 0 radical (unpaired) electrons. The van der Waals surface area contributed by atoms with Crippen molar-refractivity contribution in [3.63, 3.8) is 0 Å². The summed E-state index contributed by atoms with van der Waals surface area (Å²) in [6.45, 7) is 4.78. The van der Waals surface area contributed by atoms with E-state index in [1.807, 2.05) is 0 Å². The van der Waals surface area contributed by atoms with Crippen molar-refractivity contribution >= 4 is 43.1 Å². The molecule has 0 saturated carbocycles. The van der Waals surface area contributed by atoms with Gasteiger partial charge in [-0.05, 0) is 117 Å². The minimum atomic E-state index is -0.117. The SMILES string of the molecule is CC1(C)c2cc(-c3cccc(-c4ccccc4)c3)ccc2-c2ccc(-c3ccc4c5ccccc5c5cccc6ccc3c4c65)cc21. The summed E-state index contributed by atoms with van der Waals surface area (Å²) >= 11 is 0. The molecule has 9 aromatic rings. The van der Waals surface area contributed by atoms with Crippen LogP contribution >= 0.6 is 0 Å². The highest BCUT2D eigenvalue weighted by Gasteiger charge is 2.36. The van der Waals surface area contributed by atoms with E-state index in [4.69, 9.17) is 0 Å². The van der Waals surface area contributed by atoms with Crippen LogP contribution in [0.3, 0.4) is 0 Å². The zero-order valence-corrected chi connectivity index (χ0v) is 26.5. The van der Waals surface area contributed by atoms with Gasteiger partial charge in [0.05, 0.1) is 0 Å². The largest absolute Gasteiger partial charge is 0.0622 e. The maximum absolute atomic E-state index is 2.47. The van der Waals surface area contributed by atoms with Crippen molar-refractivity contribution in [1.29, 1.82) is 0 Å². The van der Waals surface area contributed by atoms with Crippen LogP contribution in [0.4, 0.5) is 0 Å². The quantitative estimate of drug-likeness (QED) is 0.141. The Hall–Kier alpha value is -5.72. The van der Waals surface area contributed by atoms with Crippen molar-refractivity contribution in [1.82, 2.24) is 0 Å². The van der Waals surface area contributed by atoms with Crippen molar-refractivity contribution in [2.75, 3.05) is 0 Å². The maximum atomic E-state index is 2.47. The van der Waals surface area contributed by atoms with Crippen LogP contribution in [-0.2, 0) is 5.41 Å². The Kier molecular flexibility index (Phi) is 5.44. The minimum absolute atomic E-state index is 0.117. The number of fused-ring (bicyclic) bond motifs is 6. The second-order valence-corrected chi connectivity index (χ2v) is 13.7. The van der Waals surface area contributed by atoms with E-state index in [1.54, 1.807) is 0 Å². The highest BCUT2D eigenvalue weighted by Crippen LogP contribution is 2.51. The second kappa shape index (κ2) is 9.64. The smallest absolute Gasteiger partial charge is 0.0159 e. The summed E-state index contributed by atoms with van der Waals surface area (Å²) < 4.78 is 0. The van der Waals surface area contributed by atoms with Crippen LogP contribution in [0.2, 0.25) is 0 Å². The van der Waals surface area contributed by atoms with Crippen LogP contribution in [0.25, 0.3) is 87.6 Å². The van der Waals surface area contributed by atoms with Crippen LogP contribution in [0.1, 0.15) is 25.0 Å². The van der Waals surface area contributed by atoms with Crippen molar-refractivity contribution in [2.24, 2.45) is 0 Å². The monoisotopic (exact) mass is 596 g/mol. The van der Waals surface area contributed by atoms with E-state index in [0.717, 1.165) is 0 Å². The van der Waals surface area contributed by atoms with E-state index in [1.165, 1.54) is 98.7 Å². The predicted octanol–water partition coefficient (Wildman–Crippen LogP) is 13.0. The van der Waals surface area contributed by atoms with Gasteiger partial charge in [-0.25, -0.2) is 0 Å². The molecule has 0 unspecified atom stereocenters. The van der Waals surface area contributed by atoms with E-state index >= 15 is 0 Å². The van der Waals surface area contributed by atoms with Gasteiger partial charge in [-0.1, -0.05) is 153 Å². The Labute approximate surface area is 274 Å². The van der Waals surface area contributed by atoms with Crippen LogP contribution in [0.15, 0.2) is 158 Å². The van der Waals surface area contributed by atoms with Gasteiger partial charge in [0.1, 0.15) is 0 Å². The van der Waals surface area contributed by atoms with E-state index in [2.05, 4.69) is 172 Å². The third-order valence-corrected chi connectivity index (χ3v) is 10.8. The minimum Gasteiger partial charge on any atom is -0.0622 e. The number of hydrogen-bond acceptors (Lipinski definition) is 0. The molecule has 0 saturated heterocycles. The molecule has 0 amide bonds. The summed E-state index contributed by atoms with van der Waals surface area (Å²) in [4.78, 5) is 0. The lowest BCUT2D eigenvalue weighted by molar-refractivity contribution is 0.661. The first-order valence-electron chi connectivity index (χ1n) is 16.6.